The van der Waals surface area contributed by atoms with Crippen LogP contribution in [0, 0.1) is 5.41 Å². The van der Waals surface area contributed by atoms with Crippen LogP contribution < -0.4 is 9.47 Å². The number of carbonyl (C=O) groups is 1. The minimum Gasteiger partial charge on any atom is -0.493 e. The first-order valence-corrected chi connectivity index (χ1v) is 15.1. The zero-order chi connectivity index (χ0) is 29.5. The monoisotopic (exact) mass is 575 g/mol. The molecule has 0 saturated carbocycles. The standard InChI is InChI=1S/C32H45N7O3/c1-32(2,24-40)23-37-19-17-36(18-20-37)21-22-39-34-31(33-35-39)29(27-11-8-12-28(41-3)30(27)42-4)38-15-13-26(14-16-38)25-9-6-5-7-10-25/h5-12,24,26,29H,13-23H2,1-4H3/t29-/m1/s1. The number of piperazine rings is 1. The molecule has 0 N–H and O–H groups in total. The first-order chi connectivity index (χ1) is 20.4. The van der Waals surface area contributed by atoms with Gasteiger partial charge in [0, 0.05) is 50.2 Å². The van der Waals surface area contributed by atoms with Gasteiger partial charge in [0.15, 0.2) is 17.3 Å². The molecule has 0 unspecified atom stereocenters. The lowest BCUT2D eigenvalue weighted by Gasteiger charge is -2.37. The minimum absolute atomic E-state index is 0.190. The van der Waals surface area contributed by atoms with Crippen molar-refractivity contribution in [3.05, 3.63) is 65.5 Å². The van der Waals surface area contributed by atoms with Crippen LogP contribution in [0.5, 0.6) is 11.5 Å². The molecule has 42 heavy (non-hydrogen) atoms. The fraction of sp³-hybridized carbons (Fsp3) is 0.562. The molecule has 10 heteroatoms. The van der Waals surface area contributed by atoms with E-state index in [0.717, 1.165) is 77.0 Å². The molecule has 2 aromatic carbocycles. The van der Waals surface area contributed by atoms with Gasteiger partial charge < -0.3 is 14.3 Å². The summed E-state index contributed by atoms with van der Waals surface area (Å²) in [6.45, 7) is 12.0. The van der Waals surface area contributed by atoms with Crippen LogP contribution in [0.2, 0.25) is 0 Å². The molecule has 10 nitrogen and oxygen atoms in total. The third kappa shape index (κ3) is 7.17. The summed E-state index contributed by atoms with van der Waals surface area (Å²) in [5.74, 6) is 2.63. The number of tetrazole rings is 1. The van der Waals surface area contributed by atoms with E-state index in [9.17, 15) is 4.79 Å². The number of piperidine rings is 1. The number of likely N-dealkylation sites (tertiary alicyclic amines) is 1. The zero-order valence-corrected chi connectivity index (χ0v) is 25.5. The fourth-order valence-electron chi connectivity index (χ4n) is 6.32. The highest BCUT2D eigenvalue weighted by molar-refractivity contribution is 5.58. The fourth-order valence-corrected chi connectivity index (χ4v) is 6.32. The van der Waals surface area contributed by atoms with E-state index in [1.165, 1.54) is 5.56 Å². The molecule has 0 aliphatic carbocycles. The van der Waals surface area contributed by atoms with Crippen molar-refractivity contribution in [3.63, 3.8) is 0 Å². The number of benzene rings is 2. The molecule has 3 heterocycles. The Bertz CT molecular complexity index is 1280. The molecule has 226 valence electrons. The van der Waals surface area contributed by atoms with Crippen LogP contribution in [0.4, 0.5) is 0 Å². The molecule has 2 fully saturated rings. The van der Waals surface area contributed by atoms with E-state index in [0.29, 0.717) is 29.8 Å². The first-order valence-electron chi connectivity index (χ1n) is 15.1. The zero-order valence-electron chi connectivity index (χ0n) is 25.5. The number of hydrogen-bond acceptors (Lipinski definition) is 9. The Balaban J connectivity index is 1.28. The summed E-state index contributed by atoms with van der Waals surface area (Å²) in [7, 11) is 3.35. The summed E-state index contributed by atoms with van der Waals surface area (Å²) >= 11 is 0. The maximum Gasteiger partial charge on any atom is 0.196 e. The predicted octanol–water partition coefficient (Wildman–Crippen LogP) is 3.50. The Morgan fingerprint density at radius 2 is 1.62 bits per heavy atom. The highest BCUT2D eigenvalue weighted by Crippen LogP contribution is 2.41. The van der Waals surface area contributed by atoms with Crippen LogP contribution in [-0.4, -0.2) is 108 Å². The van der Waals surface area contributed by atoms with E-state index in [4.69, 9.17) is 14.6 Å². The van der Waals surface area contributed by atoms with Crippen molar-refractivity contribution in [1.29, 1.82) is 0 Å². The van der Waals surface area contributed by atoms with Crippen molar-refractivity contribution in [2.75, 3.05) is 66.6 Å². The van der Waals surface area contributed by atoms with Crippen LogP contribution in [0.3, 0.4) is 0 Å². The Kier molecular flexibility index (Phi) is 9.87. The summed E-state index contributed by atoms with van der Waals surface area (Å²) in [5.41, 5.74) is 2.09. The van der Waals surface area contributed by atoms with Gasteiger partial charge in [-0.1, -0.05) is 56.3 Å². The molecule has 0 spiro atoms. The second kappa shape index (κ2) is 13.8. The Hall–Kier alpha value is -3.34. The second-order valence-electron chi connectivity index (χ2n) is 12.2. The van der Waals surface area contributed by atoms with Crippen LogP contribution >= 0.6 is 0 Å². The largest absolute Gasteiger partial charge is 0.493 e. The topological polar surface area (TPSA) is 88.9 Å². The van der Waals surface area contributed by atoms with Crippen molar-refractivity contribution in [2.45, 2.75) is 45.2 Å². The van der Waals surface area contributed by atoms with Crippen LogP contribution in [0.1, 0.15) is 55.6 Å². The highest BCUT2D eigenvalue weighted by Gasteiger charge is 2.34. The number of rotatable bonds is 12. The van der Waals surface area contributed by atoms with E-state index in [1.54, 1.807) is 19.0 Å². The number of aldehydes is 1. The molecule has 2 aliphatic heterocycles. The average Bonchev–Trinajstić information content (AvgIpc) is 3.49. The predicted molar refractivity (Wildman–Crippen MR) is 162 cm³/mol. The third-order valence-electron chi connectivity index (χ3n) is 8.64. The molecule has 1 aromatic heterocycles. The summed E-state index contributed by atoms with van der Waals surface area (Å²) in [5, 5.41) is 14.0. The summed E-state index contributed by atoms with van der Waals surface area (Å²) in [6.07, 6.45) is 3.20. The average molecular weight is 576 g/mol. The SMILES string of the molecule is COc1cccc([C@H](c2nnn(CCN3CCN(CC(C)(C)C=O)CC3)n2)N2CCC(c3ccccc3)CC2)c1OC. The van der Waals surface area contributed by atoms with E-state index >= 15 is 0 Å². The summed E-state index contributed by atoms with van der Waals surface area (Å²) < 4.78 is 11.5. The number of carbonyl (C=O) groups excluding carboxylic acids is 1. The number of hydrogen-bond donors (Lipinski definition) is 0. The van der Waals surface area contributed by atoms with Crippen LogP contribution in [-0.2, 0) is 11.3 Å². The minimum atomic E-state index is -0.304. The van der Waals surface area contributed by atoms with Crippen molar-refractivity contribution in [1.82, 2.24) is 34.9 Å². The Morgan fingerprint density at radius 3 is 2.29 bits per heavy atom. The van der Waals surface area contributed by atoms with Crippen molar-refractivity contribution >= 4 is 6.29 Å². The Morgan fingerprint density at radius 1 is 0.905 bits per heavy atom. The van der Waals surface area contributed by atoms with Gasteiger partial charge in [-0.05, 0) is 48.7 Å². The van der Waals surface area contributed by atoms with Crippen molar-refractivity contribution in [3.8, 4) is 11.5 Å². The molecule has 1 atom stereocenters. The molecule has 2 aliphatic rings. The normalized spacial score (nSPS) is 18.6. The van der Waals surface area contributed by atoms with Crippen molar-refractivity contribution < 1.29 is 14.3 Å². The molecule has 0 radical (unpaired) electrons. The number of nitrogens with zero attached hydrogens (tertiary/aromatic N) is 7. The van der Waals surface area contributed by atoms with Gasteiger partial charge in [-0.15, -0.1) is 10.2 Å². The lowest BCUT2D eigenvalue weighted by Crippen LogP contribution is -2.49. The molecule has 5 rings (SSSR count). The second-order valence-corrected chi connectivity index (χ2v) is 12.2. The van der Waals surface area contributed by atoms with Crippen LogP contribution in [0.25, 0.3) is 0 Å². The van der Waals surface area contributed by atoms with E-state index < -0.39 is 0 Å². The van der Waals surface area contributed by atoms with Crippen LogP contribution in [0.15, 0.2) is 48.5 Å². The lowest BCUT2D eigenvalue weighted by molar-refractivity contribution is -0.115. The molecular weight excluding hydrogens is 530 g/mol. The van der Waals surface area contributed by atoms with Gasteiger partial charge in [-0.25, -0.2) is 0 Å². The van der Waals surface area contributed by atoms with Crippen molar-refractivity contribution in [2.24, 2.45) is 5.41 Å². The molecule has 0 bridgehead atoms. The molecule has 3 aromatic rings. The van der Waals surface area contributed by atoms with E-state index in [2.05, 4.69) is 61.4 Å². The molecule has 2 saturated heterocycles. The summed E-state index contributed by atoms with van der Waals surface area (Å²) in [4.78, 5) is 20.3. The maximum atomic E-state index is 11.3. The van der Waals surface area contributed by atoms with Gasteiger partial charge in [0.2, 0.25) is 0 Å². The first kappa shape index (κ1) is 30.1. The van der Waals surface area contributed by atoms with E-state index in [1.807, 2.05) is 26.0 Å². The van der Waals surface area contributed by atoms with Gasteiger partial charge in [-0.2, -0.15) is 4.80 Å². The third-order valence-corrected chi connectivity index (χ3v) is 8.64. The highest BCUT2D eigenvalue weighted by atomic mass is 16.5. The quantitative estimate of drug-likeness (QED) is 0.301. The van der Waals surface area contributed by atoms with Gasteiger partial charge in [0.05, 0.1) is 20.8 Å². The Labute approximate surface area is 249 Å². The number of aromatic nitrogens is 4. The number of para-hydroxylation sites is 1. The smallest absolute Gasteiger partial charge is 0.196 e. The number of methoxy groups -OCH3 is 2. The molecule has 0 amide bonds. The lowest BCUT2D eigenvalue weighted by atomic mass is 9.88. The van der Waals surface area contributed by atoms with Gasteiger partial charge >= 0.3 is 0 Å². The molecular formula is C32H45N7O3. The number of ether oxygens (including phenoxy) is 2. The van der Waals surface area contributed by atoms with Gasteiger partial charge in [-0.3, -0.25) is 14.7 Å². The maximum absolute atomic E-state index is 11.3. The van der Waals surface area contributed by atoms with Gasteiger partial charge in [0.25, 0.3) is 0 Å². The van der Waals surface area contributed by atoms with Gasteiger partial charge in [0.1, 0.15) is 12.3 Å². The summed E-state index contributed by atoms with van der Waals surface area (Å²) in [6, 6.07) is 16.6. The van der Waals surface area contributed by atoms with E-state index in [-0.39, 0.29) is 11.5 Å².